The lowest BCUT2D eigenvalue weighted by Crippen LogP contribution is -2.32. The SMILES string of the molecule is CC(C)(C)COc1c(Cl)cc(C=Nn2c(=O)[nH]c3ccccc3c2=O)cc1[N+](=O)[O-]. The van der Waals surface area contributed by atoms with E-state index in [1.807, 2.05) is 20.8 Å². The summed E-state index contributed by atoms with van der Waals surface area (Å²) in [6, 6.07) is 9.14. The first kappa shape index (κ1) is 21.3. The molecule has 1 aromatic heterocycles. The third-order valence-corrected chi connectivity index (χ3v) is 4.28. The fourth-order valence-electron chi connectivity index (χ4n) is 2.62. The van der Waals surface area contributed by atoms with Gasteiger partial charge in [-0.3, -0.25) is 14.9 Å². The largest absolute Gasteiger partial charge is 0.485 e. The van der Waals surface area contributed by atoms with Gasteiger partial charge in [-0.25, -0.2) is 4.79 Å². The van der Waals surface area contributed by atoms with Crippen molar-refractivity contribution in [2.24, 2.45) is 10.5 Å². The number of H-pyrrole nitrogens is 1. The van der Waals surface area contributed by atoms with Crippen LogP contribution in [0.15, 0.2) is 51.1 Å². The molecule has 0 atom stereocenters. The van der Waals surface area contributed by atoms with Gasteiger partial charge in [0.1, 0.15) is 0 Å². The molecule has 1 heterocycles. The first-order valence-corrected chi connectivity index (χ1v) is 9.34. The first-order chi connectivity index (χ1) is 14.1. The van der Waals surface area contributed by atoms with Crippen LogP contribution in [-0.2, 0) is 0 Å². The van der Waals surface area contributed by atoms with Gasteiger partial charge in [0.05, 0.1) is 33.7 Å². The third kappa shape index (κ3) is 4.57. The summed E-state index contributed by atoms with van der Waals surface area (Å²) in [5.74, 6) is -0.0468. The van der Waals surface area contributed by atoms with Crippen molar-refractivity contribution in [3.8, 4) is 5.75 Å². The molecule has 0 aliphatic rings. The molecule has 9 nitrogen and oxygen atoms in total. The van der Waals surface area contributed by atoms with Gasteiger partial charge in [0.15, 0.2) is 0 Å². The van der Waals surface area contributed by atoms with E-state index in [4.69, 9.17) is 16.3 Å². The van der Waals surface area contributed by atoms with Crippen LogP contribution in [0.3, 0.4) is 0 Å². The van der Waals surface area contributed by atoms with Crippen molar-refractivity contribution in [1.29, 1.82) is 0 Å². The summed E-state index contributed by atoms with van der Waals surface area (Å²) >= 11 is 6.20. The molecule has 10 heteroatoms. The van der Waals surface area contributed by atoms with Gasteiger partial charge in [0.25, 0.3) is 5.56 Å². The van der Waals surface area contributed by atoms with Gasteiger partial charge < -0.3 is 9.72 Å². The fraction of sp³-hybridized carbons (Fsp3) is 0.250. The maximum absolute atomic E-state index is 12.5. The van der Waals surface area contributed by atoms with Gasteiger partial charge >= 0.3 is 11.4 Å². The number of aromatic nitrogens is 2. The molecule has 0 aliphatic heterocycles. The molecule has 0 bridgehead atoms. The maximum Gasteiger partial charge on any atom is 0.349 e. The van der Waals surface area contributed by atoms with Crippen molar-refractivity contribution < 1.29 is 9.66 Å². The Morgan fingerprint density at radius 3 is 2.63 bits per heavy atom. The quantitative estimate of drug-likeness (QED) is 0.377. The van der Waals surface area contributed by atoms with Crippen LogP contribution in [0, 0.1) is 15.5 Å². The van der Waals surface area contributed by atoms with E-state index in [0.717, 1.165) is 6.21 Å². The second-order valence-electron chi connectivity index (χ2n) is 7.79. The van der Waals surface area contributed by atoms with E-state index < -0.39 is 16.2 Å². The number of benzene rings is 2. The van der Waals surface area contributed by atoms with E-state index in [0.29, 0.717) is 10.2 Å². The molecule has 2 aromatic carbocycles. The molecule has 156 valence electrons. The van der Waals surface area contributed by atoms with Gasteiger partial charge in [-0.15, -0.1) is 4.68 Å². The van der Waals surface area contributed by atoms with Gasteiger partial charge in [-0.1, -0.05) is 44.5 Å². The second-order valence-corrected chi connectivity index (χ2v) is 8.20. The van der Waals surface area contributed by atoms with Crippen molar-refractivity contribution in [1.82, 2.24) is 9.66 Å². The highest BCUT2D eigenvalue weighted by Gasteiger charge is 2.22. The smallest absolute Gasteiger partial charge is 0.349 e. The number of nitro groups is 1. The van der Waals surface area contributed by atoms with Crippen LogP contribution in [0.5, 0.6) is 5.75 Å². The molecule has 0 amide bonds. The molecule has 0 radical (unpaired) electrons. The van der Waals surface area contributed by atoms with E-state index in [9.17, 15) is 19.7 Å². The lowest BCUT2D eigenvalue weighted by atomic mass is 9.99. The molecule has 3 aromatic rings. The van der Waals surface area contributed by atoms with E-state index in [-0.39, 0.29) is 39.4 Å². The Morgan fingerprint density at radius 2 is 1.97 bits per heavy atom. The summed E-state index contributed by atoms with van der Waals surface area (Å²) < 4.78 is 6.21. The van der Waals surface area contributed by atoms with Crippen molar-refractivity contribution >= 4 is 34.4 Å². The number of hydrogen-bond acceptors (Lipinski definition) is 6. The Morgan fingerprint density at radius 1 is 1.27 bits per heavy atom. The number of rotatable bonds is 5. The van der Waals surface area contributed by atoms with Crippen LogP contribution < -0.4 is 16.0 Å². The number of aromatic amines is 1. The van der Waals surface area contributed by atoms with E-state index >= 15 is 0 Å². The molecule has 0 fully saturated rings. The molecule has 30 heavy (non-hydrogen) atoms. The molecular weight excluding hydrogens is 412 g/mol. The Labute approximate surface area is 175 Å². The van der Waals surface area contributed by atoms with Crippen molar-refractivity contribution in [2.75, 3.05) is 6.61 Å². The van der Waals surface area contributed by atoms with Crippen LogP contribution in [0.2, 0.25) is 5.02 Å². The molecule has 3 rings (SSSR count). The highest BCUT2D eigenvalue weighted by atomic mass is 35.5. The third-order valence-electron chi connectivity index (χ3n) is 4.00. The van der Waals surface area contributed by atoms with Gasteiger partial charge in [0, 0.05) is 11.6 Å². The fourth-order valence-corrected chi connectivity index (χ4v) is 2.90. The van der Waals surface area contributed by atoms with Crippen LogP contribution in [0.4, 0.5) is 5.69 Å². The standard InChI is InChI=1S/C20H19ClN4O5/c1-20(2,3)11-30-17-14(21)8-12(9-16(17)25(28)29)10-22-24-18(26)13-6-4-5-7-15(13)23-19(24)27/h4-10H,11H2,1-3H3,(H,23,27). The minimum atomic E-state index is -0.735. The second kappa shape index (κ2) is 8.11. The molecule has 1 N–H and O–H groups in total. The summed E-state index contributed by atoms with van der Waals surface area (Å²) in [7, 11) is 0. The van der Waals surface area contributed by atoms with Crippen molar-refractivity contribution in [2.45, 2.75) is 20.8 Å². The number of fused-ring (bicyclic) bond motifs is 1. The lowest BCUT2D eigenvalue weighted by molar-refractivity contribution is -0.385. The topological polar surface area (TPSA) is 120 Å². The van der Waals surface area contributed by atoms with Crippen LogP contribution in [0.25, 0.3) is 10.9 Å². The van der Waals surface area contributed by atoms with E-state index in [1.54, 1.807) is 24.3 Å². The summed E-state index contributed by atoms with van der Waals surface area (Å²) in [4.78, 5) is 38.1. The number of hydrogen-bond donors (Lipinski definition) is 1. The van der Waals surface area contributed by atoms with Gasteiger partial charge in [0.2, 0.25) is 5.75 Å². The molecule has 0 aliphatic carbocycles. The maximum atomic E-state index is 12.5. The zero-order valence-electron chi connectivity index (χ0n) is 16.5. The van der Waals surface area contributed by atoms with Crippen LogP contribution in [-0.4, -0.2) is 27.4 Å². The molecule has 0 unspecified atom stereocenters. The zero-order chi connectivity index (χ0) is 22.1. The van der Waals surface area contributed by atoms with E-state index in [2.05, 4.69) is 10.1 Å². The number of para-hydroxylation sites is 1. The van der Waals surface area contributed by atoms with Crippen LogP contribution >= 0.6 is 11.6 Å². The van der Waals surface area contributed by atoms with Crippen molar-refractivity contribution in [3.63, 3.8) is 0 Å². The predicted octanol–water partition coefficient (Wildman–Crippen LogP) is 3.56. The molecular formula is C20H19ClN4O5. The number of nitro benzene ring substituents is 1. The summed E-state index contributed by atoms with van der Waals surface area (Å²) in [5, 5.41) is 15.7. The Hall–Kier alpha value is -3.46. The predicted molar refractivity (Wildman–Crippen MR) is 115 cm³/mol. The van der Waals surface area contributed by atoms with Gasteiger partial charge in [-0.2, -0.15) is 5.10 Å². The molecule has 0 saturated heterocycles. The highest BCUT2D eigenvalue weighted by Crippen LogP contribution is 2.36. The average molecular weight is 431 g/mol. The minimum absolute atomic E-state index is 0.0228. The Balaban J connectivity index is 2.02. The summed E-state index contributed by atoms with van der Waals surface area (Å²) in [6.45, 7) is 5.99. The molecule has 0 spiro atoms. The number of nitrogens with zero attached hydrogens (tertiary/aromatic N) is 3. The highest BCUT2D eigenvalue weighted by molar-refractivity contribution is 6.32. The number of halogens is 1. The Kier molecular flexibility index (Phi) is 5.75. The zero-order valence-corrected chi connectivity index (χ0v) is 17.3. The summed E-state index contributed by atoms with van der Waals surface area (Å²) in [6.07, 6.45) is 1.15. The average Bonchev–Trinajstić information content (AvgIpc) is 2.65. The Bertz CT molecular complexity index is 1270. The number of ether oxygens (including phenoxy) is 1. The number of nitrogens with one attached hydrogen (secondary N) is 1. The monoisotopic (exact) mass is 430 g/mol. The van der Waals surface area contributed by atoms with Crippen molar-refractivity contribution in [3.05, 3.63) is 77.9 Å². The summed E-state index contributed by atoms with van der Waals surface area (Å²) in [5.41, 5.74) is -1.30. The molecule has 0 saturated carbocycles. The normalized spacial score (nSPS) is 11.9. The van der Waals surface area contributed by atoms with Gasteiger partial charge in [-0.05, 0) is 23.6 Å². The first-order valence-electron chi connectivity index (χ1n) is 8.96. The lowest BCUT2D eigenvalue weighted by Gasteiger charge is -2.19. The van der Waals surface area contributed by atoms with Crippen LogP contribution in [0.1, 0.15) is 26.3 Å². The minimum Gasteiger partial charge on any atom is -0.485 e. The van der Waals surface area contributed by atoms with E-state index in [1.165, 1.54) is 12.1 Å².